The Labute approximate surface area is 193 Å². The number of benzene rings is 3. The zero-order valence-corrected chi connectivity index (χ0v) is 19.3. The Bertz CT molecular complexity index is 1280. The molecule has 33 heavy (non-hydrogen) atoms. The summed E-state index contributed by atoms with van der Waals surface area (Å²) in [5, 5.41) is 2.89. The highest BCUT2D eigenvalue weighted by Gasteiger charge is 2.26. The van der Waals surface area contributed by atoms with Crippen LogP contribution in [0.4, 0.5) is 0 Å². The molecule has 1 N–H and O–H groups in total. The van der Waals surface area contributed by atoms with E-state index >= 15 is 0 Å². The van der Waals surface area contributed by atoms with Gasteiger partial charge < -0.3 is 14.8 Å². The molecule has 7 heteroatoms. The van der Waals surface area contributed by atoms with E-state index < -0.39 is 9.84 Å². The highest BCUT2D eigenvalue weighted by molar-refractivity contribution is 7.90. The number of amides is 1. The normalized spacial score (nSPS) is 15.2. The van der Waals surface area contributed by atoms with Crippen molar-refractivity contribution in [1.29, 1.82) is 0 Å². The van der Waals surface area contributed by atoms with Gasteiger partial charge >= 0.3 is 0 Å². The van der Waals surface area contributed by atoms with E-state index in [9.17, 15) is 13.2 Å². The van der Waals surface area contributed by atoms with Gasteiger partial charge in [0.05, 0.1) is 18.6 Å². The summed E-state index contributed by atoms with van der Waals surface area (Å²) in [6.45, 7) is 0.382. The summed E-state index contributed by atoms with van der Waals surface area (Å²) in [7, 11) is -1.64. The molecule has 0 radical (unpaired) electrons. The second kappa shape index (κ2) is 9.50. The van der Waals surface area contributed by atoms with Crippen molar-refractivity contribution in [3.63, 3.8) is 0 Å². The van der Waals surface area contributed by atoms with E-state index in [1.807, 2.05) is 42.5 Å². The first-order valence-electron chi connectivity index (χ1n) is 10.5. The molecule has 0 bridgehead atoms. The third kappa shape index (κ3) is 5.43. The fourth-order valence-electron chi connectivity index (χ4n) is 3.72. The summed E-state index contributed by atoms with van der Waals surface area (Å²) in [5.41, 5.74) is 3.75. The minimum Gasteiger partial charge on any atom is -0.497 e. The van der Waals surface area contributed by atoms with Crippen LogP contribution in [0.1, 0.15) is 11.1 Å². The van der Waals surface area contributed by atoms with Crippen LogP contribution in [-0.4, -0.2) is 40.3 Å². The summed E-state index contributed by atoms with van der Waals surface area (Å²) >= 11 is 0. The van der Waals surface area contributed by atoms with Gasteiger partial charge in [-0.3, -0.25) is 4.79 Å². The van der Waals surface area contributed by atoms with Gasteiger partial charge in [-0.25, -0.2) is 8.42 Å². The molecule has 6 nitrogen and oxygen atoms in total. The number of methoxy groups -OCH3 is 1. The maximum absolute atomic E-state index is 12.2. The molecule has 1 unspecified atom stereocenters. The Hall–Kier alpha value is -3.58. The van der Waals surface area contributed by atoms with Crippen LogP contribution in [0.3, 0.4) is 0 Å². The topological polar surface area (TPSA) is 81.7 Å². The predicted molar refractivity (Wildman–Crippen MR) is 128 cm³/mol. The minimum atomic E-state index is -3.25. The lowest BCUT2D eigenvalue weighted by atomic mass is 10.0. The molecule has 1 aliphatic heterocycles. The molecule has 0 saturated carbocycles. The minimum absolute atomic E-state index is 0.172. The van der Waals surface area contributed by atoms with Crippen LogP contribution in [-0.2, 0) is 21.1 Å². The first-order chi connectivity index (χ1) is 15.8. The molecular weight excluding hydrogens is 438 g/mol. The van der Waals surface area contributed by atoms with Crippen LogP contribution in [0.5, 0.6) is 11.5 Å². The number of hydrogen-bond acceptors (Lipinski definition) is 5. The van der Waals surface area contributed by atoms with Crippen LogP contribution in [0.2, 0.25) is 0 Å². The molecule has 170 valence electrons. The van der Waals surface area contributed by atoms with Gasteiger partial charge in [0.15, 0.2) is 9.84 Å². The molecule has 1 aliphatic rings. The monoisotopic (exact) mass is 463 g/mol. The van der Waals surface area contributed by atoms with E-state index in [2.05, 4.69) is 5.32 Å². The maximum Gasteiger partial charge on any atom is 0.244 e. The highest BCUT2D eigenvalue weighted by Crippen LogP contribution is 2.38. The first kappa shape index (κ1) is 22.6. The SMILES string of the molecule is COc1ccc(C=CC(=O)NCC2Cc3cccc(-c4ccc(S(C)(=O)=O)cc4)c3O2)cc1. The number of rotatable bonds is 7. The Morgan fingerprint density at radius 1 is 1.09 bits per heavy atom. The Balaban J connectivity index is 1.38. The molecule has 3 aromatic rings. The average molecular weight is 464 g/mol. The van der Waals surface area contributed by atoms with Crippen LogP contribution in [0.25, 0.3) is 17.2 Å². The smallest absolute Gasteiger partial charge is 0.244 e. The summed E-state index contributed by atoms with van der Waals surface area (Å²) in [6, 6.07) is 20.1. The number of nitrogens with one attached hydrogen (secondary N) is 1. The summed E-state index contributed by atoms with van der Waals surface area (Å²) in [6.07, 6.45) is 4.95. The average Bonchev–Trinajstić information content (AvgIpc) is 3.24. The molecule has 3 aromatic carbocycles. The molecule has 1 heterocycles. The van der Waals surface area contributed by atoms with E-state index in [0.29, 0.717) is 13.0 Å². The number of hydrogen-bond donors (Lipinski definition) is 1. The highest BCUT2D eigenvalue weighted by atomic mass is 32.2. The quantitative estimate of drug-likeness (QED) is 0.538. The maximum atomic E-state index is 12.2. The number of sulfone groups is 1. The summed E-state index contributed by atoms with van der Waals surface area (Å²) in [4.78, 5) is 12.5. The van der Waals surface area contributed by atoms with Gasteiger partial charge in [0.25, 0.3) is 0 Å². The number of ether oxygens (including phenoxy) is 2. The van der Waals surface area contributed by atoms with Crippen molar-refractivity contribution >= 4 is 21.8 Å². The zero-order valence-electron chi connectivity index (χ0n) is 18.4. The third-order valence-corrected chi connectivity index (χ3v) is 6.60. The van der Waals surface area contributed by atoms with Crippen molar-refractivity contribution in [3.05, 3.63) is 83.9 Å². The molecule has 1 amide bonds. The summed E-state index contributed by atoms with van der Waals surface area (Å²) in [5.74, 6) is 1.35. The van der Waals surface area contributed by atoms with Gasteiger partial charge in [0.1, 0.15) is 17.6 Å². The van der Waals surface area contributed by atoms with E-state index in [1.165, 1.54) is 12.3 Å². The first-order valence-corrected chi connectivity index (χ1v) is 12.4. The van der Waals surface area contributed by atoms with Gasteiger partial charge in [-0.2, -0.15) is 0 Å². The second-order valence-corrected chi connectivity index (χ2v) is 9.90. The molecule has 4 rings (SSSR count). The summed E-state index contributed by atoms with van der Waals surface area (Å²) < 4.78 is 34.7. The van der Waals surface area contributed by atoms with Crippen molar-refractivity contribution in [2.24, 2.45) is 0 Å². The van der Waals surface area contributed by atoms with E-state index in [0.717, 1.165) is 33.8 Å². The largest absolute Gasteiger partial charge is 0.497 e. The van der Waals surface area contributed by atoms with Gasteiger partial charge in [-0.1, -0.05) is 42.5 Å². The number of para-hydroxylation sites is 1. The zero-order chi connectivity index (χ0) is 23.4. The van der Waals surface area contributed by atoms with Gasteiger partial charge in [0.2, 0.25) is 5.91 Å². The number of carbonyl (C=O) groups is 1. The van der Waals surface area contributed by atoms with Gasteiger partial charge in [-0.15, -0.1) is 0 Å². The van der Waals surface area contributed by atoms with Crippen molar-refractivity contribution in [2.45, 2.75) is 17.4 Å². The third-order valence-electron chi connectivity index (χ3n) is 5.47. The van der Waals surface area contributed by atoms with E-state index in [4.69, 9.17) is 9.47 Å². The Morgan fingerprint density at radius 3 is 2.48 bits per heavy atom. The lowest BCUT2D eigenvalue weighted by Crippen LogP contribution is -2.33. The van der Waals surface area contributed by atoms with Gasteiger partial charge in [-0.05, 0) is 47.0 Å². The number of fused-ring (bicyclic) bond motifs is 1. The molecule has 0 aliphatic carbocycles. The Kier molecular flexibility index (Phi) is 6.51. The molecular formula is C26H25NO5S. The fourth-order valence-corrected chi connectivity index (χ4v) is 4.35. The Morgan fingerprint density at radius 2 is 1.82 bits per heavy atom. The standard InChI is InChI=1S/C26H25NO5S/c1-31-21-11-6-18(7-12-21)8-15-25(28)27-17-22-16-20-4-3-5-24(26(20)32-22)19-9-13-23(14-10-19)33(2,29)30/h3-15,22H,16-17H2,1-2H3,(H,27,28). The van der Waals surface area contributed by atoms with Crippen LogP contribution >= 0.6 is 0 Å². The van der Waals surface area contributed by atoms with Gasteiger partial charge in [0, 0.05) is 24.3 Å². The molecule has 0 fully saturated rings. The fraction of sp³-hybridized carbons (Fsp3) is 0.192. The molecule has 0 aromatic heterocycles. The molecule has 0 saturated heterocycles. The predicted octanol–water partition coefficient (Wildman–Crippen LogP) is 3.90. The van der Waals surface area contributed by atoms with E-state index in [1.54, 1.807) is 37.5 Å². The second-order valence-electron chi connectivity index (χ2n) is 7.89. The van der Waals surface area contributed by atoms with Crippen molar-refractivity contribution in [3.8, 4) is 22.6 Å². The van der Waals surface area contributed by atoms with E-state index in [-0.39, 0.29) is 16.9 Å². The van der Waals surface area contributed by atoms with Crippen LogP contribution in [0.15, 0.2) is 77.7 Å². The van der Waals surface area contributed by atoms with Crippen molar-refractivity contribution < 1.29 is 22.7 Å². The van der Waals surface area contributed by atoms with Crippen LogP contribution in [0, 0.1) is 0 Å². The number of carbonyl (C=O) groups excluding carboxylic acids is 1. The molecule has 1 atom stereocenters. The van der Waals surface area contributed by atoms with Crippen LogP contribution < -0.4 is 14.8 Å². The van der Waals surface area contributed by atoms with Crippen molar-refractivity contribution in [2.75, 3.05) is 19.9 Å². The molecule has 0 spiro atoms. The van der Waals surface area contributed by atoms with Crippen molar-refractivity contribution in [1.82, 2.24) is 5.32 Å². The lowest BCUT2D eigenvalue weighted by Gasteiger charge is -2.13. The lowest BCUT2D eigenvalue weighted by molar-refractivity contribution is -0.116.